The lowest BCUT2D eigenvalue weighted by Gasteiger charge is -2.33. The SMILES string of the molecule is CCNC(=O)[C@@H](CC)N(CCc1ccccc1)C(=O)CN(c1cccc([N+](=O)[O-])c1)S(=O)(=O)c1ccccc1. The van der Waals surface area contributed by atoms with Gasteiger partial charge in [0.1, 0.15) is 12.6 Å². The average molecular weight is 553 g/mol. The predicted octanol–water partition coefficient (Wildman–Crippen LogP) is 3.78. The zero-order chi connectivity index (χ0) is 28.4. The maximum Gasteiger partial charge on any atom is 0.271 e. The zero-order valence-corrected chi connectivity index (χ0v) is 22.7. The highest BCUT2D eigenvalue weighted by atomic mass is 32.2. The summed E-state index contributed by atoms with van der Waals surface area (Å²) in [4.78, 5) is 38.9. The van der Waals surface area contributed by atoms with Crippen molar-refractivity contribution >= 4 is 33.2 Å². The number of hydrogen-bond donors (Lipinski definition) is 1. The molecule has 1 N–H and O–H groups in total. The van der Waals surface area contributed by atoms with Crippen molar-refractivity contribution in [1.29, 1.82) is 0 Å². The van der Waals surface area contributed by atoms with Gasteiger partial charge in [-0.1, -0.05) is 61.5 Å². The van der Waals surface area contributed by atoms with Gasteiger partial charge in [-0.15, -0.1) is 0 Å². The second kappa shape index (κ2) is 13.5. The van der Waals surface area contributed by atoms with Crippen molar-refractivity contribution in [3.05, 3.63) is 101 Å². The first-order valence-electron chi connectivity index (χ1n) is 12.6. The molecular weight excluding hydrogens is 520 g/mol. The number of non-ortho nitro benzene ring substituents is 1. The Bertz CT molecular complexity index is 1380. The van der Waals surface area contributed by atoms with Gasteiger partial charge < -0.3 is 10.2 Å². The molecule has 0 spiro atoms. The van der Waals surface area contributed by atoms with Gasteiger partial charge in [0.2, 0.25) is 11.8 Å². The molecule has 3 aromatic carbocycles. The van der Waals surface area contributed by atoms with Crippen molar-refractivity contribution in [2.75, 3.05) is 23.9 Å². The number of carbonyl (C=O) groups excluding carboxylic acids is 2. The molecule has 0 aromatic heterocycles. The zero-order valence-electron chi connectivity index (χ0n) is 21.9. The second-order valence-electron chi connectivity index (χ2n) is 8.74. The van der Waals surface area contributed by atoms with Crippen LogP contribution in [-0.2, 0) is 26.0 Å². The van der Waals surface area contributed by atoms with Gasteiger partial charge in [0.25, 0.3) is 15.7 Å². The Morgan fingerprint density at radius 2 is 1.59 bits per heavy atom. The van der Waals surface area contributed by atoms with Gasteiger partial charge in [-0.2, -0.15) is 0 Å². The number of nitro groups is 1. The van der Waals surface area contributed by atoms with Crippen molar-refractivity contribution in [1.82, 2.24) is 10.2 Å². The number of nitrogens with zero attached hydrogens (tertiary/aromatic N) is 3. The Hall–Kier alpha value is -4.25. The Morgan fingerprint density at radius 1 is 0.949 bits per heavy atom. The second-order valence-corrected chi connectivity index (χ2v) is 10.6. The van der Waals surface area contributed by atoms with E-state index in [1.165, 1.54) is 35.2 Å². The van der Waals surface area contributed by atoms with E-state index in [1.54, 1.807) is 32.0 Å². The molecule has 11 heteroatoms. The van der Waals surface area contributed by atoms with Crippen LogP contribution >= 0.6 is 0 Å². The van der Waals surface area contributed by atoms with Gasteiger partial charge in [-0.25, -0.2) is 8.42 Å². The smallest absolute Gasteiger partial charge is 0.271 e. The number of carbonyl (C=O) groups is 2. The van der Waals surface area contributed by atoms with Crippen molar-refractivity contribution in [2.24, 2.45) is 0 Å². The van der Waals surface area contributed by atoms with E-state index in [2.05, 4.69) is 5.32 Å². The molecule has 0 heterocycles. The largest absolute Gasteiger partial charge is 0.355 e. The Kier molecular flexibility index (Phi) is 10.2. The molecule has 3 rings (SSSR count). The third kappa shape index (κ3) is 7.41. The lowest BCUT2D eigenvalue weighted by atomic mass is 10.1. The monoisotopic (exact) mass is 552 g/mol. The standard InChI is InChI=1S/C28H32N4O6S/c1-3-26(28(34)29-4-2)30(19-18-22-12-7-5-8-13-22)27(33)21-31(23-14-11-15-24(20-23)32(35)36)39(37,38)25-16-9-6-10-17-25/h5-17,20,26H,3-4,18-19,21H2,1-2H3,(H,29,34)/t26-/m1/s1. The molecule has 0 aliphatic rings. The van der Waals surface area contributed by atoms with Gasteiger partial charge in [0.05, 0.1) is 15.5 Å². The minimum absolute atomic E-state index is 0.0320. The van der Waals surface area contributed by atoms with Gasteiger partial charge in [0, 0.05) is 25.2 Å². The summed E-state index contributed by atoms with van der Waals surface area (Å²) < 4.78 is 28.3. The van der Waals surface area contributed by atoms with E-state index in [0.717, 1.165) is 15.9 Å². The molecule has 0 saturated carbocycles. The number of anilines is 1. The van der Waals surface area contributed by atoms with Crippen molar-refractivity contribution in [3.8, 4) is 0 Å². The highest BCUT2D eigenvalue weighted by Crippen LogP contribution is 2.27. The molecule has 2 amide bonds. The fourth-order valence-corrected chi connectivity index (χ4v) is 5.63. The quantitative estimate of drug-likeness (QED) is 0.254. The molecule has 0 bridgehead atoms. The third-order valence-electron chi connectivity index (χ3n) is 6.16. The van der Waals surface area contributed by atoms with Crippen molar-refractivity contribution < 1.29 is 22.9 Å². The van der Waals surface area contributed by atoms with Crippen molar-refractivity contribution in [3.63, 3.8) is 0 Å². The number of rotatable bonds is 13. The minimum Gasteiger partial charge on any atom is -0.355 e. The van der Waals surface area contributed by atoms with Crippen LogP contribution in [0, 0.1) is 10.1 Å². The topological polar surface area (TPSA) is 130 Å². The molecule has 39 heavy (non-hydrogen) atoms. The number of nitro benzene ring substituents is 1. The van der Waals surface area contributed by atoms with Gasteiger partial charge in [-0.3, -0.25) is 24.0 Å². The first-order valence-corrected chi connectivity index (χ1v) is 14.1. The average Bonchev–Trinajstić information content (AvgIpc) is 2.94. The summed E-state index contributed by atoms with van der Waals surface area (Å²) in [5.41, 5.74) is 0.604. The number of likely N-dealkylation sites (N-methyl/N-ethyl adjacent to an activating group) is 1. The van der Waals surface area contributed by atoms with E-state index < -0.39 is 33.4 Å². The molecule has 0 radical (unpaired) electrons. The third-order valence-corrected chi connectivity index (χ3v) is 7.95. The minimum atomic E-state index is -4.29. The van der Waals surface area contributed by atoms with Crippen LogP contribution in [-0.4, -0.2) is 55.7 Å². The highest BCUT2D eigenvalue weighted by molar-refractivity contribution is 7.92. The van der Waals surface area contributed by atoms with Gasteiger partial charge in [-0.05, 0) is 43.5 Å². The van der Waals surface area contributed by atoms with Gasteiger partial charge >= 0.3 is 0 Å². The molecule has 0 fully saturated rings. The van der Waals surface area contributed by atoms with Gasteiger partial charge in [0.15, 0.2) is 0 Å². The van der Waals surface area contributed by atoms with E-state index in [0.29, 0.717) is 19.4 Å². The molecule has 1 atom stereocenters. The number of amides is 2. The molecule has 0 saturated heterocycles. The number of sulfonamides is 1. The first-order chi connectivity index (χ1) is 18.7. The Morgan fingerprint density at radius 3 is 2.18 bits per heavy atom. The molecule has 0 aliphatic carbocycles. The molecule has 3 aromatic rings. The fraction of sp³-hybridized carbons (Fsp3) is 0.286. The van der Waals surface area contributed by atoms with Crippen molar-refractivity contribution in [2.45, 2.75) is 37.6 Å². The summed E-state index contributed by atoms with van der Waals surface area (Å²) >= 11 is 0. The molecule has 10 nitrogen and oxygen atoms in total. The number of hydrogen-bond acceptors (Lipinski definition) is 6. The summed E-state index contributed by atoms with van der Waals surface area (Å²) in [5.74, 6) is -0.940. The predicted molar refractivity (Wildman–Crippen MR) is 149 cm³/mol. The Labute approximate surface area is 228 Å². The normalized spacial score (nSPS) is 11.8. The lowest BCUT2D eigenvalue weighted by Crippen LogP contribution is -2.53. The summed E-state index contributed by atoms with van der Waals surface area (Å²) in [5, 5.41) is 14.2. The van der Waals surface area contributed by atoms with E-state index in [9.17, 15) is 28.1 Å². The van der Waals surface area contributed by atoms with E-state index in [4.69, 9.17) is 0 Å². The fourth-order valence-electron chi connectivity index (χ4n) is 4.20. The number of benzene rings is 3. The summed E-state index contributed by atoms with van der Waals surface area (Å²) in [6.45, 7) is 3.45. The van der Waals surface area contributed by atoms with Crippen LogP contribution in [0.2, 0.25) is 0 Å². The summed E-state index contributed by atoms with van der Waals surface area (Å²) in [7, 11) is -4.29. The molecule has 0 unspecified atom stereocenters. The van der Waals surface area contributed by atoms with E-state index >= 15 is 0 Å². The molecule has 206 valence electrons. The van der Waals surface area contributed by atoms with E-state index in [-0.39, 0.29) is 28.7 Å². The first kappa shape index (κ1) is 29.3. The summed E-state index contributed by atoms with van der Waals surface area (Å²) in [6.07, 6.45) is 0.763. The molecule has 0 aliphatic heterocycles. The van der Waals surface area contributed by atoms with Crippen LogP contribution in [0.15, 0.2) is 89.8 Å². The highest BCUT2D eigenvalue weighted by Gasteiger charge is 2.33. The summed E-state index contributed by atoms with van der Waals surface area (Å²) in [6, 6.07) is 21.3. The van der Waals surface area contributed by atoms with Crippen LogP contribution < -0.4 is 9.62 Å². The van der Waals surface area contributed by atoms with E-state index in [1.807, 2.05) is 30.3 Å². The molecular formula is C28H32N4O6S. The Balaban J connectivity index is 2.03. The van der Waals surface area contributed by atoms with Crippen LogP contribution in [0.5, 0.6) is 0 Å². The van der Waals surface area contributed by atoms with Crippen LogP contribution in [0.25, 0.3) is 0 Å². The van der Waals surface area contributed by atoms with Crippen LogP contribution in [0.1, 0.15) is 25.8 Å². The van der Waals surface area contributed by atoms with Crippen LogP contribution in [0.3, 0.4) is 0 Å². The lowest BCUT2D eigenvalue weighted by molar-refractivity contribution is -0.384. The maximum atomic E-state index is 13.9. The number of nitrogens with one attached hydrogen (secondary N) is 1. The van der Waals surface area contributed by atoms with Crippen LogP contribution in [0.4, 0.5) is 11.4 Å². The maximum absolute atomic E-state index is 13.9.